The fourth-order valence-corrected chi connectivity index (χ4v) is 1.88. The van der Waals surface area contributed by atoms with Crippen molar-refractivity contribution in [2.24, 2.45) is 0 Å². The molecule has 0 saturated carbocycles. The van der Waals surface area contributed by atoms with Gasteiger partial charge < -0.3 is 9.47 Å². The molecule has 0 saturated heterocycles. The molecular formula is C13H12ClNO3. The van der Waals surface area contributed by atoms with Crippen LogP contribution in [0.5, 0.6) is 11.5 Å². The van der Waals surface area contributed by atoms with Crippen molar-refractivity contribution in [1.29, 1.82) is 0 Å². The van der Waals surface area contributed by atoms with Gasteiger partial charge in [-0.15, -0.1) is 0 Å². The highest BCUT2D eigenvalue weighted by atomic mass is 35.5. The fraction of sp³-hybridized carbons (Fsp3) is 0.231. The fourth-order valence-electron chi connectivity index (χ4n) is 1.69. The van der Waals surface area contributed by atoms with Crippen molar-refractivity contribution in [3.63, 3.8) is 0 Å². The zero-order valence-electron chi connectivity index (χ0n) is 10.1. The number of hydrogen-bond donors (Lipinski definition) is 0. The summed E-state index contributed by atoms with van der Waals surface area (Å²) in [6.45, 7) is 2.42. The Labute approximate surface area is 109 Å². The van der Waals surface area contributed by atoms with E-state index in [-0.39, 0.29) is 5.15 Å². The number of carbonyl (C=O) groups is 1. The third-order valence-corrected chi connectivity index (χ3v) is 2.81. The van der Waals surface area contributed by atoms with Gasteiger partial charge in [0.25, 0.3) is 0 Å². The lowest BCUT2D eigenvalue weighted by Crippen LogP contribution is -1.96. The van der Waals surface area contributed by atoms with Crippen LogP contribution in [-0.4, -0.2) is 25.0 Å². The van der Waals surface area contributed by atoms with E-state index >= 15 is 0 Å². The summed E-state index contributed by atoms with van der Waals surface area (Å²) in [4.78, 5) is 15.0. The summed E-state index contributed by atoms with van der Waals surface area (Å²) in [6, 6.07) is 5.20. The molecule has 1 aromatic carbocycles. The number of pyridine rings is 1. The third kappa shape index (κ3) is 2.24. The molecule has 0 unspecified atom stereocenters. The molecule has 94 valence electrons. The van der Waals surface area contributed by atoms with Crippen molar-refractivity contribution in [1.82, 2.24) is 4.98 Å². The molecule has 1 aromatic heterocycles. The average molecular weight is 266 g/mol. The van der Waals surface area contributed by atoms with Gasteiger partial charge in [-0.25, -0.2) is 4.98 Å². The van der Waals surface area contributed by atoms with E-state index in [2.05, 4.69) is 4.98 Å². The number of nitrogens with zero attached hydrogens (tertiary/aromatic N) is 1. The quantitative estimate of drug-likeness (QED) is 0.630. The average Bonchev–Trinajstić information content (AvgIpc) is 2.38. The zero-order chi connectivity index (χ0) is 13.1. The standard InChI is InChI=1S/C13H12ClNO3/c1-3-18-12-5-8-4-9(7-16)13(14)15-10(8)6-11(12)17-2/h4-7H,3H2,1-2H3. The maximum atomic E-state index is 10.8. The van der Waals surface area contributed by atoms with E-state index in [9.17, 15) is 4.79 Å². The van der Waals surface area contributed by atoms with Crippen molar-refractivity contribution in [2.45, 2.75) is 6.92 Å². The Bertz CT molecular complexity index is 598. The SMILES string of the molecule is CCOc1cc2cc(C=O)c(Cl)nc2cc1OC. The second-order valence-corrected chi connectivity index (χ2v) is 3.97. The molecule has 2 aromatic rings. The number of methoxy groups -OCH3 is 1. The summed E-state index contributed by atoms with van der Waals surface area (Å²) >= 11 is 5.89. The molecule has 0 aliphatic heterocycles. The van der Waals surface area contributed by atoms with Gasteiger partial charge in [-0.3, -0.25) is 4.79 Å². The van der Waals surface area contributed by atoms with Crippen LogP contribution >= 0.6 is 11.6 Å². The molecule has 0 spiro atoms. The van der Waals surface area contributed by atoms with Crippen molar-refractivity contribution < 1.29 is 14.3 Å². The Morgan fingerprint density at radius 3 is 2.72 bits per heavy atom. The van der Waals surface area contributed by atoms with Crippen molar-refractivity contribution >= 4 is 28.8 Å². The molecule has 0 aliphatic rings. The number of benzene rings is 1. The molecule has 0 N–H and O–H groups in total. The van der Waals surface area contributed by atoms with Gasteiger partial charge in [0.15, 0.2) is 17.8 Å². The van der Waals surface area contributed by atoms with Gasteiger partial charge in [-0.05, 0) is 19.1 Å². The smallest absolute Gasteiger partial charge is 0.162 e. The van der Waals surface area contributed by atoms with Crippen LogP contribution in [0.4, 0.5) is 0 Å². The Kier molecular flexibility index (Phi) is 3.67. The van der Waals surface area contributed by atoms with Crippen molar-refractivity contribution in [2.75, 3.05) is 13.7 Å². The van der Waals surface area contributed by atoms with Crippen LogP contribution < -0.4 is 9.47 Å². The van der Waals surface area contributed by atoms with Gasteiger partial charge in [0.2, 0.25) is 0 Å². The summed E-state index contributed by atoms with van der Waals surface area (Å²) in [5.74, 6) is 1.21. The highest BCUT2D eigenvalue weighted by molar-refractivity contribution is 6.32. The van der Waals surface area contributed by atoms with Gasteiger partial charge in [0.1, 0.15) is 5.15 Å². The molecule has 0 radical (unpaired) electrons. The number of rotatable bonds is 4. The van der Waals surface area contributed by atoms with Gasteiger partial charge in [0, 0.05) is 11.5 Å². The Morgan fingerprint density at radius 2 is 2.11 bits per heavy atom. The predicted octanol–water partition coefficient (Wildman–Crippen LogP) is 3.11. The lowest BCUT2D eigenvalue weighted by atomic mass is 10.1. The summed E-state index contributed by atoms with van der Waals surface area (Å²) < 4.78 is 10.7. The van der Waals surface area contributed by atoms with Gasteiger partial charge in [-0.1, -0.05) is 11.6 Å². The molecule has 4 nitrogen and oxygen atoms in total. The topological polar surface area (TPSA) is 48.4 Å². The van der Waals surface area contributed by atoms with Crippen molar-refractivity contribution in [3.8, 4) is 11.5 Å². The van der Waals surface area contributed by atoms with E-state index in [1.807, 2.05) is 6.92 Å². The molecule has 0 atom stereocenters. The van der Waals surface area contributed by atoms with Crippen LogP contribution in [-0.2, 0) is 0 Å². The minimum absolute atomic E-state index is 0.184. The van der Waals surface area contributed by atoms with Crippen LogP contribution in [0.2, 0.25) is 5.15 Å². The van der Waals surface area contributed by atoms with Gasteiger partial charge in [0.05, 0.1) is 24.8 Å². The lowest BCUT2D eigenvalue weighted by Gasteiger charge is -2.10. The molecule has 0 fully saturated rings. The van der Waals surface area contributed by atoms with Crippen LogP contribution in [0.1, 0.15) is 17.3 Å². The van der Waals surface area contributed by atoms with Crippen LogP contribution in [0, 0.1) is 0 Å². The maximum absolute atomic E-state index is 10.8. The number of ether oxygens (including phenoxy) is 2. The van der Waals surface area contributed by atoms with E-state index in [0.29, 0.717) is 35.5 Å². The van der Waals surface area contributed by atoms with Crippen LogP contribution in [0.3, 0.4) is 0 Å². The first-order valence-corrected chi connectivity index (χ1v) is 5.83. The predicted molar refractivity (Wildman–Crippen MR) is 69.9 cm³/mol. The summed E-state index contributed by atoms with van der Waals surface area (Å²) in [5, 5.41) is 0.967. The van der Waals surface area contributed by atoms with E-state index in [1.165, 1.54) is 0 Å². The number of aldehydes is 1. The molecule has 18 heavy (non-hydrogen) atoms. The van der Waals surface area contributed by atoms with E-state index < -0.39 is 0 Å². The van der Waals surface area contributed by atoms with Crippen LogP contribution in [0.15, 0.2) is 18.2 Å². The lowest BCUT2D eigenvalue weighted by molar-refractivity contribution is 0.112. The highest BCUT2D eigenvalue weighted by Crippen LogP contribution is 2.32. The van der Waals surface area contributed by atoms with E-state index in [1.54, 1.807) is 25.3 Å². The molecule has 5 heteroatoms. The minimum Gasteiger partial charge on any atom is -0.493 e. The molecule has 1 heterocycles. The van der Waals surface area contributed by atoms with Crippen LogP contribution in [0.25, 0.3) is 10.9 Å². The third-order valence-electron chi connectivity index (χ3n) is 2.51. The Balaban J connectivity index is 2.67. The first-order valence-electron chi connectivity index (χ1n) is 5.45. The number of aromatic nitrogens is 1. The van der Waals surface area contributed by atoms with E-state index in [0.717, 1.165) is 5.39 Å². The van der Waals surface area contributed by atoms with Crippen molar-refractivity contribution in [3.05, 3.63) is 28.9 Å². The van der Waals surface area contributed by atoms with Gasteiger partial charge in [-0.2, -0.15) is 0 Å². The normalized spacial score (nSPS) is 10.4. The second kappa shape index (κ2) is 5.23. The summed E-state index contributed by atoms with van der Waals surface area (Å²) in [5.41, 5.74) is 1.02. The molecule has 0 aliphatic carbocycles. The number of halogens is 1. The zero-order valence-corrected chi connectivity index (χ0v) is 10.8. The Hall–Kier alpha value is -1.81. The first kappa shape index (κ1) is 12.6. The largest absolute Gasteiger partial charge is 0.493 e. The molecular weight excluding hydrogens is 254 g/mol. The molecule has 0 bridgehead atoms. The summed E-state index contributed by atoms with van der Waals surface area (Å²) in [6.07, 6.45) is 0.680. The number of carbonyl (C=O) groups excluding carboxylic acids is 1. The molecule has 2 rings (SSSR count). The minimum atomic E-state index is 0.184. The first-order chi connectivity index (χ1) is 8.69. The summed E-state index contributed by atoms with van der Waals surface area (Å²) in [7, 11) is 1.56. The Morgan fingerprint density at radius 1 is 1.33 bits per heavy atom. The second-order valence-electron chi connectivity index (χ2n) is 3.62. The molecule has 0 amide bonds. The maximum Gasteiger partial charge on any atom is 0.162 e. The number of fused-ring (bicyclic) bond motifs is 1. The number of hydrogen-bond acceptors (Lipinski definition) is 4. The monoisotopic (exact) mass is 265 g/mol. The highest BCUT2D eigenvalue weighted by Gasteiger charge is 2.10. The van der Waals surface area contributed by atoms with E-state index in [4.69, 9.17) is 21.1 Å². The van der Waals surface area contributed by atoms with Gasteiger partial charge >= 0.3 is 0 Å².